The molecule has 0 fully saturated rings. The average Bonchev–Trinajstić information content (AvgIpc) is 2.48. The molecule has 0 radical (unpaired) electrons. The fourth-order valence-electron chi connectivity index (χ4n) is 1.50. The third kappa shape index (κ3) is 1.55. The Morgan fingerprint density at radius 1 is 1.62 bits per heavy atom. The van der Waals surface area contributed by atoms with Gasteiger partial charge < -0.3 is 10.6 Å². The Bertz CT molecular complexity index is 331. The van der Waals surface area contributed by atoms with Gasteiger partial charge in [-0.3, -0.25) is 9.89 Å². The number of aromatic amines is 1. The number of H-pyrrole nitrogens is 1. The molecule has 1 aliphatic heterocycles. The number of hydrogen-bond donors (Lipinski definition) is 3. The molecule has 0 saturated heterocycles. The van der Waals surface area contributed by atoms with Crippen LogP contribution in [0.1, 0.15) is 18.2 Å². The summed E-state index contributed by atoms with van der Waals surface area (Å²) in [5.41, 5.74) is 2.21. The summed E-state index contributed by atoms with van der Waals surface area (Å²) in [7, 11) is 0. The monoisotopic (exact) mass is 180 g/mol. The van der Waals surface area contributed by atoms with Crippen LogP contribution in [0, 0.1) is 0 Å². The van der Waals surface area contributed by atoms with E-state index in [0.29, 0.717) is 5.82 Å². The first-order valence-electron chi connectivity index (χ1n) is 4.32. The van der Waals surface area contributed by atoms with Crippen LogP contribution in [0.2, 0.25) is 0 Å². The van der Waals surface area contributed by atoms with Crippen LogP contribution in [0.3, 0.4) is 0 Å². The van der Waals surface area contributed by atoms with Crippen molar-refractivity contribution in [3.63, 3.8) is 0 Å². The lowest BCUT2D eigenvalue weighted by Crippen LogP contribution is -2.24. The number of carbonyl (C=O) groups is 1. The van der Waals surface area contributed by atoms with Gasteiger partial charge in [0.25, 0.3) is 0 Å². The summed E-state index contributed by atoms with van der Waals surface area (Å²) in [5, 5.41) is 12.9. The number of nitrogens with zero attached hydrogens (tertiary/aromatic N) is 1. The smallest absolute Gasteiger partial charge is 0.222 e. The Kier molecular flexibility index (Phi) is 2.02. The first-order chi connectivity index (χ1) is 6.27. The summed E-state index contributed by atoms with van der Waals surface area (Å²) in [6, 6.07) is 0. The SMILES string of the molecule is CC(=O)Nc1n[nH]c2c1CNCC2. The fraction of sp³-hybridized carbons (Fsp3) is 0.500. The zero-order chi connectivity index (χ0) is 9.26. The molecular weight excluding hydrogens is 168 g/mol. The van der Waals surface area contributed by atoms with Gasteiger partial charge in [0.15, 0.2) is 5.82 Å². The maximum atomic E-state index is 10.8. The molecule has 2 heterocycles. The van der Waals surface area contributed by atoms with Gasteiger partial charge in [-0.15, -0.1) is 0 Å². The van der Waals surface area contributed by atoms with Crippen LogP contribution in [0.15, 0.2) is 0 Å². The molecule has 0 atom stereocenters. The number of fused-ring (bicyclic) bond motifs is 1. The second-order valence-electron chi connectivity index (χ2n) is 3.14. The van der Waals surface area contributed by atoms with E-state index in [-0.39, 0.29) is 5.91 Å². The van der Waals surface area contributed by atoms with E-state index in [9.17, 15) is 4.79 Å². The van der Waals surface area contributed by atoms with Crippen LogP contribution < -0.4 is 10.6 Å². The van der Waals surface area contributed by atoms with Crippen LogP contribution in [0.5, 0.6) is 0 Å². The number of anilines is 1. The fourth-order valence-corrected chi connectivity index (χ4v) is 1.50. The number of nitrogens with one attached hydrogen (secondary N) is 3. The van der Waals surface area contributed by atoms with Gasteiger partial charge in [0.2, 0.25) is 5.91 Å². The minimum absolute atomic E-state index is 0.0835. The van der Waals surface area contributed by atoms with E-state index in [1.165, 1.54) is 6.92 Å². The lowest BCUT2D eigenvalue weighted by Gasteiger charge is -2.12. The first kappa shape index (κ1) is 8.25. The largest absolute Gasteiger partial charge is 0.312 e. The zero-order valence-electron chi connectivity index (χ0n) is 7.48. The van der Waals surface area contributed by atoms with Gasteiger partial charge in [0.05, 0.1) is 0 Å². The van der Waals surface area contributed by atoms with Crippen LogP contribution in [0.4, 0.5) is 5.82 Å². The second kappa shape index (κ2) is 3.18. The molecule has 0 bridgehead atoms. The van der Waals surface area contributed by atoms with Gasteiger partial charge in [-0.05, 0) is 0 Å². The molecule has 5 nitrogen and oxygen atoms in total. The van der Waals surface area contributed by atoms with Crippen LogP contribution in [0.25, 0.3) is 0 Å². The molecule has 13 heavy (non-hydrogen) atoms. The molecule has 1 amide bonds. The summed E-state index contributed by atoms with van der Waals surface area (Å²) in [5.74, 6) is 0.578. The van der Waals surface area contributed by atoms with Crippen molar-refractivity contribution in [1.82, 2.24) is 15.5 Å². The van der Waals surface area contributed by atoms with E-state index in [0.717, 1.165) is 30.8 Å². The number of rotatable bonds is 1. The van der Waals surface area contributed by atoms with E-state index < -0.39 is 0 Å². The molecule has 1 aromatic rings. The van der Waals surface area contributed by atoms with Crippen molar-refractivity contribution < 1.29 is 4.79 Å². The van der Waals surface area contributed by atoms with Crippen molar-refractivity contribution in [1.29, 1.82) is 0 Å². The third-order valence-electron chi connectivity index (χ3n) is 2.10. The molecule has 0 aromatic carbocycles. The number of aromatic nitrogens is 2. The van der Waals surface area contributed by atoms with Crippen molar-refractivity contribution in [2.45, 2.75) is 19.9 Å². The highest BCUT2D eigenvalue weighted by atomic mass is 16.1. The Morgan fingerprint density at radius 2 is 2.46 bits per heavy atom. The number of amides is 1. The normalized spacial score (nSPS) is 15.2. The van der Waals surface area contributed by atoms with Crippen molar-refractivity contribution in [2.75, 3.05) is 11.9 Å². The molecular formula is C8H12N4O. The first-order valence-corrected chi connectivity index (χ1v) is 4.32. The molecule has 0 aliphatic carbocycles. The van der Waals surface area contributed by atoms with E-state index in [2.05, 4.69) is 20.8 Å². The lowest BCUT2D eigenvalue weighted by atomic mass is 10.1. The van der Waals surface area contributed by atoms with Crippen molar-refractivity contribution >= 4 is 11.7 Å². The molecule has 1 aromatic heterocycles. The van der Waals surface area contributed by atoms with E-state index >= 15 is 0 Å². The van der Waals surface area contributed by atoms with Gasteiger partial charge in [0, 0.05) is 37.7 Å². The van der Waals surface area contributed by atoms with Gasteiger partial charge >= 0.3 is 0 Å². The number of carbonyl (C=O) groups excluding carboxylic acids is 1. The standard InChI is InChI=1S/C8H12N4O/c1-5(13)10-8-6-4-9-3-2-7(6)11-12-8/h9H,2-4H2,1H3,(H2,10,11,12,13). The summed E-state index contributed by atoms with van der Waals surface area (Å²) in [4.78, 5) is 10.8. The van der Waals surface area contributed by atoms with Gasteiger partial charge in [-0.2, -0.15) is 5.10 Å². The molecule has 5 heteroatoms. The summed E-state index contributed by atoms with van der Waals surface area (Å²) >= 11 is 0. The quantitative estimate of drug-likeness (QED) is 0.570. The van der Waals surface area contributed by atoms with Gasteiger partial charge in [-0.25, -0.2) is 0 Å². The Labute approximate surface area is 75.9 Å². The van der Waals surface area contributed by atoms with E-state index in [1.54, 1.807) is 0 Å². The topological polar surface area (TPSA) is 69.8 Å². The highest BCUT2D eigenvalue weighted by Crippen LogP contribution is 2.19. The second-order valence-corrected chi connectivity index (χ2v) is 3.14. The minimum Gasteiger partial charge on any atom is -0.312 e. The van der Waals surface area contributed by atoms with Crippen LogP contribution in [-0.4, -0.2) is 22.6 Å². The Balaban J connectivity index is 2.26. The Hall–Kier alpha value is -1.36. The molecule has 0 saturated carbocycles. The molecule has 2 rings (SSSR count). The lowest BCUT2D eigenvalue weighted by molar-refractivity contribution is -0.114. The summed E-state index contributed by atoms with van der Waals surface area (Å²) < 4.78 is 0. The van der Waals surface area contributed by atoms with Gasteiger partial charge in [-0.1, -0.05) is 0 Å². The molecule has 70 valence electrons. The van der Waals surface area contributed by atoms with Crippen molar-refractivity contribution in [3.05, 3.63) is 11.3 Å². The Morgan fingerprint density at radius 3 is 3.23 bits per heavy atom. The molecule has 3 N–H and O–H groups in total. The predicted octanol–water partition coefficient (Wildman–Crippen LogP) is 0.0138. The van der Waals surface area contributed by atoms with E-state index in [1.807, 2.05) is 0 Å². The highest BCUT2D eigenvalue weighted by molar-refractivity contribution is 5.88. The third-order valence-corrected chi connectivity index (χ3v) is 2.10. The maximum absolute atomic E-state index is 10.8. The average molecular weight is 180 g/mol. The van der Waals surface area contributed by atoms with Gasteiger partial charge in [0.1, 0.15) is 0 Å². The number of hydrogen-bond acceptors (Lipinski definition) is 3. The van der Waals surface area contributed by atoms with Crippen LogP contribution >= 0.6 is 0 Å². The maximum Gasteiger partial charge on any atom is 0.222 e. The van der Waals surface area contributed by atoms with Crippen molar-refractivity contribution in [3.8, 4) is 0 Å². The summed E-state index contributed by atoms with van der Waals surface area (Å²) in [6.07, 6.45) is 0.946. The van der Waals surface area contributed by atoms with Crippen LogP contribution in [-0.2, 0) is 17.8 Å². The summed E-state index contributed by atoms with van der Waals surface area (Å²) in [6.45, 7) is 3.23. The van der Waals surface area contributed by atoms with E-state index in [4.69, 9.17) is 0 Å². The minimum atomic E-state index is -0.0835. The molecule has 0 unspecified atom stereocenters. The predicted molar refractivity (Wildman–Crippen MR) is 48.3 cm³/mol. The molecule has 1 aliphatic rings. The van der Waals surface area contributed by atoms with Crippen molar-refractivity contribution in [2.24, 2.45) is 0 Å². The zero-order valence-corrected chi connectivity index (χ0v) is 7.48. The highest BCUT2D eigenvalue weighted by Gasteiger charge is 2.16. The molecule has 0 spiro atoms.